The van der Waals surface area contributed by atoms with Crippen LogP contribution in [0.1, 0.15) is 38.7 Å². The zero-order valence-electron chi connectivity index (χ0n) is 15.7. The Morgan fingerprint density at radius 2 is 2.04 bits per heavy atom. The van der Waals surface area contributed by atoms with Crippen LogP contribution in [-0.2, 0) is 11.2 Å². The summed E-state index contributed by atoms with van der Waals surface area (Å²) in [6.45, 7) is 8.86. The van der Waals surface area contributed by atoms with Crippen LogP contribution in [0.4, 0.5) is 0 Å². The van der Waals surface area contributed by atoms with Crippen molar-refractivity contribution in [2.75, 3.05) is 33.3 Å². The Hall–Kier alpha value is -1.26. The molecule has 2 unspecified atom stereocenters. The van der Waals surface area contributed by atoms with Crippen molar-refractivity contribution in [2.45, 2.75) is 39.5 Å². The third-order valence-electron chi connectivity index (χ3n) is 4.77. The molecule has 25 heavy (non-hydrogen) atoms. The number of piperidine rings is 1. The van der Waals surface area contributed by atoms with Crippen LogP contribution in [0.2, 0.25) is 5.02 Å². The first-order valence-electron chi connectivity index (χ1n) is 9.29. The van der Waals surface area contributed by atoms with Gasteiger partial charge in [0.1, 0.15) is 5.75 Å². The lowest BCUT2D eigenvalue weighted by Gasteiger charge is -2.34. The van der Waals surface area contributed by atoms with Crippen molar-refractivity contribution >= 4 is 17.5 Å². The molecule has 0 radical (unpaired) electrons. The number of halogens is 1. The number of aryl methyl sites for hydroxylation is 1. The molecule has 1 aromatic rings. The van der Waals surface area contributed by atoms with Gasteiger partial charge in [0.2, 0.25) is 5.91 Å². The minimum atomic E-state index is 0.104. The van der Waals surface area contributed by atoms with Gasteiger partial charge in [-0.15, -0.1) is 0 Å². The van der Waals surface area contributed by atoms with E-state index in [9.17, 15) is 4.79 Å². The number of likely N-dealkylation sites (tertiary alicyclic amines) is 1. The molecule has 1 fully saturated rings. The fraction of sp³-hybridized carbons (Fsp3) is 0.650. The van der Waals surface area contributed by atoms with E-state index in [1.165, 1.54) is 19.5 Å². The molecule has 1 saturated heterocycles. The van der Waals surface area contributed by atoms with Gasteiger partial charge in [0.15, 0.2) is 0 Å². The lowest BCUT2D eigenvalue weighted by molar-refractivity contribution is -0.121. The van der Waals surface area contributed by atoms with Crippen LogP contribution < -0.4 is 10.1 Å². The maximum Gasteiger partial charge on any atom is 0.220 e. The van der Waals surface area contributed by atoms with Crippen molar-refractivity contribution in [3.8, 4) is 5.75 Å². The Bertz CT molecular complexity index is 555. The number of benzene rings is 1. The molecule has 0 aromatic heterocycles. The summed E-state index contributed by atoms with van der Waals surface area (Å²) in [5.41, 5.74) is 1.05. The molecule has 0 spiro atoms. The van der Waals surface area contributed by atoms with Crippen molar-refractivity contribution < 1.29 is 9.53 Å². The van der Waals surface area contributed by atoms with Crippen LogP contribution in [0.3, 0.4) is 0 Å². The van der Waals surface area contributed by atoms with Crippen molar-refractivity contribution in [3.63, 3.8) is 0 Å². The van der Waals surface area contributed by atoms with Crippen molar-refractivity contribution in [3.05, 3.63) is 28.8 Å². The molecule has 1 amide bonds. The van der Waals surface area contributed by atoms with Crippen molar-refractivity contribution in [1.82, 2.24) is 10.2 Å². The molecule has 1 heterocycles. The van der Waals surface area contributed by atoms with Gasteiger partial charge in [0.25, 0.3) is 0 Å². The van der Waals surface area contributed by atoms with Crippen LogP contribution in [0, 0.1) is 11.8 Å². The van der Waals surface area contributed by atoms with E-state index in [4.69, 9.17) is 16.3 Å². The normalized spacial score (nSPS) is 21.1. The van der Waals surface area contributed by atoms with E-state index in [1.54, 1.807) is 7.11 Å². The predicted octanol–water partition coefficient (Wildman–Crippen LogP) is 3.77. The number of methoxy groups -OCH3 is 1. The number of hydrogen-bond acceptors (Lipinski definition) is 3. The van der Waals surface area contributed by atoms with E-state index in [1.807, 2.05) is 18.2 Å². The fourth-order valence-corrected chi connectivity index (χ4v) is 4.00. The Kier molecular flexibility index (Phi) is 8.04. The summed E-state index contributed by atoms with van der Waals surface area (Å²) < 4.78 is 5.14. The second-order valence-corrected chi connectivity index (χ2v) is 7.79. The van der Waals surface area contributed by atoms with Gasteiger partial charge >= 0.3 is 0 Å². The summed E-state index contributed by atoms with van der Waals surface area (Å²) in [6, 6.07) is 5.67. The Morgan fingerprint density at radius 3 is 2.68 bits per heavy atom. The summed E-state index contributed by atoms with van der Waals surface area (Å²) in [7, 11) is 1.60. The van der Waals surface area contributed by atoms with E-state index in [0.717, 1.165) is 36.9 Å². The minimum Gasteiger partial charge on any atom is -0.495 e. The minimum absolute atomic E-state index is 0.104. The number of amides is 1. The van der Waals surface area contributed by atoms with Gasteiger partial charge in [-0.05, 0) is 55.3 Å². The number of carbonyl (C=O) groups excluding carboxylic acids is 1. The van der Waals surface area contributed by atoms with E-state index < -0.39 is 0 Å². The number of carbonyl (C=O) groups is 1. The fourth-order valence-electron chi connectivity index (χ4n) is 3.72. The Morgan fingerprint density at radius 1 is 1.32 bits per heavy atom. The molecule has 0 aliphatic carbocycles. The Balaban J connectivity index is 1.62. The van der Waals surface area contributed by atoms with Gasteiger partial charge < -0.3 is 15.0 Å². The first-order chi connectivity index (χ1) is 12.0. The van der Waals surface area contributed by atoms with Crippen molar-refractivity contribution in [2.24, 2.45) is 11.8 Å². The summed E-state index contributed by atoms with van der Waals surface area (Å²) in [5, 5.41) is 3.62. The van der Waals surface area contributed by atoms with Crippen LogP contribution >= 0.6 is 11.6 Å². The summed E-state index contributed by atoms with van der Waals surface area (Å²) in [4.78, 5) is 14.5. The quantitative estimate of drug-likeness (QED) is 0.712. The molecule has 1 aliphatic heterocycles. The highest BCUT2D eigenvalue weighted by Crippen LogP contribution is 2.25. The second-order valence-electron chi connectivity index (χ2n) is 7.38. The maximum atomic E-state index is 12.0. The van der Waals surface area contributed by atoms with Gasteiger partial charge in [-0.1, -0.05) is 31.5 Å². The maximum absolute atomic E-state index is 12.0. The van der Waals surface area contributed by atoms with E-state index >= 15 is 0 Å². The monoisotopic (exact) mass is 366 g/mol. The largest absolute Gasteiger partial charge is 0.495 e. The van der Waals surface area contributed by atoms with Crippen molar-refractivity contribution in [1.29, 1.82) is 0 Å². The van der Waals surface area contributed by atoms with Gasteiger partial charge in [-0.3, -0.25) is 4.79 Å². The van der Waals surface area contributed by atoms with Crippen LogP contribution in [-0.4, -0.2) is 44.1 Å². The summed E-state index contributed by atoms with van der Waals surface area (Å²) >= 11 is 6.11. The summed E-state index contributed by atoms with van der Waals surface area (Å²) in [6.07, 6.45) is 3.53. The summed E-state index contributed by atoms with van der Waals surface area (Å²) in [5.74, 6) is 2.34. The van der Waals surface area contributed by atoms with Gasteiger partial charge in [0.05, 0.1) is 12.1 Å². The first-order valence-corrected chi connectivity index (χ1v) is 9.67. The number of rotatable bonds is 8. The number of ether oxygens (including phenoxy) is 1. The molecule has 2 atom stereocenters. The van der Waals surface area contributed by atoms with E-state index in [2.05, 4.69) is 24.1 Å². The van der Waals surface area contributed by atoms with Crippen LogP contribution in [0.5, 0.6) is 5.75 Å². The highest BCUT2D eigenvalue weighted by Gasteiger charge is 2.20. The number of hydrogen-bond donors (Lipinski definition) is 1. The highest BCUT2D eigenvalue weighted by molar-refractivity contribution is 6.32. The smallest absolute Gasteiger partial charge is 0.220 e. The number of nitrogens with one attached hydrogen (secondary N) is 1. The van der Waals surface area contributed by atoms with E-state index in [-0.39, 0.29) is 5.91 Å². The molecular weight excluding hydrogens is 336 g/mol. The first kappa shape index (κ1) is 20.1. The van der Waals surface area contributed by atoms with Crippen LogP contribution in [0.25, 0.3) is 0 Å². The molecule has 4 nitrogen and oxygen atoms in total. The molecule has 0 saturated carbocycles. The lowest BCUT2D eigenvalue weighted by Crippen LogP contribution is -2.40. The molecule has 140 valence electrons. The standard InChI is InChI=1S/C20H31ClN2O2/c1-15-11-16(2)14-23(13-15)10-4-9-22-20(24)8-6-17-5-7-19(25-3)18(21)12-17/h5,7,12,15-16H,4,6,8-11,13-14H2,1-3H3,(H,22,24). The van der Waals surface area contributed by atoms with E-state index in [0.29, 0.717) is 23.6 Å². The molecule has 1 aliphatic rings. The third kappa shape index (κ3) is 6.87. The lowest BCUT2D eigenvalue weighted by atomic mass is 9.92. The zero-order valence-corrected chi connectivity index (χ0v) is 16.4. The SMILES string of the molecule is COc1ccc(CCC(=O)NCCCN2CC(C)CC(C)C2)cc1Cl. The second kappa shape index (κ2) is 10.0. The van der Waals surface area contributed by atoms with Crippen LogP contribution in [0.15, 0.2) is 18.2 Å². The van der Waals surface area contributed by atoms with Gasteiger partial charge in [-0.25, -0.2) is 0 Å². The average molecular weight is 367 g/mol. The molecule has 1 aromatic carbocycles. The van der Waals surface area contributed by atoms with Gasteiger partial charge in [-0.2, -0.15) is 0 Å². The molecular formula is C20H31ClN2O2. The molecule has 2 rings (SSSR count). The number of nitrogens with zero attached hydrogens (tertiary/aromatic N) is 1. The average Bonchev–Trinajstić information content (AvgIpc) is 2.56. The topological polar surface area (TPSA) is 41.6 Å². The van der Waals surface area contributed by atoms with Gasteiger partial charge in [0, 0.05) is 26.1 Å². The zero-order chi connectivity index (χ0) is 18.2. The molecule has 5 heteroatoms. The highest BCUT2D eigenvalue weighted by atomic mass is 35.5. The Labute approximate surface area is 156 Å². The predicted molar refractivity (Wildman–Crippen MR) is 103 cm³/mol. The molecule has 0 bridgehead atoms. The third-order valence-corrected chi connectivity index (χ3v) is 5.07. The molecule has 1 N–H and O–H groups in total.